The molecule has 0 fully saturated rings. The highest BCUT2D eigenvalue weighted by Crippen LogP contribution is 1.97. The molecule has 3 heteroatoms. The molecule has 0 aliphatic rings. The van der Waals surface area contributed by atoms with Crippen LogP contribution in [0.4, 0.5) is 0 Å². The Morgan fingerprint density at radius 1 is 0.765 bits per heavy atom. The fraction of sp³-hybridized carbons (Fsp3) is 1.00. The molecule has 0 aromatic heterocycles. The molecule has 0 saturated carbocycles. The van der Waals surface area contributed by atoms with Gasteiger partial charge in [-0.05, 0) is 33.6 Å². The third kappa shape index (κ3) is 49.3. The largest absolute Gasteiger partial charge is 0.397 e. The van der Waals surface area contributed by atoms with E-state index in [2.05, 4.69) is 13.8 Å². The van der Waals surface area contributed by atoms with Crippen LogP contribution in [0.25, 0.3) is 0 Å². The van der Waals surface area contributed by atoms with Crippen LogP contribution in [0.5, 0.6) is 0 Å². The Morgan fingerprint density at radius 3 is 1.06 bits per heavy atom. The monoisotopic (exact) mass is 250 g/mol. The minimum atomic E-state index is -0.0973. The van der Waals surface area contributed by atoms with E-state index in [0.717, 1.165) is 25.7 Å². The molecule has 2 atom stereocenters. The average molecular weight is 250 g/mol. The molecule has 0 aromatic rings. The van der Waals surface area contributed by atoms with E-state index in [4.69, 9.17) is 15.3 Å². The SMILES string of the molecule is CCCCC(C)O.CCCCC(C)O.CCO. The van der Waals surface area contributed by atoms with Crippen LogP contribution < -0.4 is 0 Å². The van der Waals surface area contributed by atoms with Crippen molar-refractivity contribution in [2.24, 2.45) is 0 Å². The van der Waals surface area contributed by atoms with Crippen LogP contribution in [0.3, 0.4) is 0 Å². The van der Waals surface area contributed by atoms with Crippen LogP contribution >= 0.6 is 0 Å². The number of rotatable bonds is 6. The summed E-state index contributed by atoms with van der Waals surface area (Å²) in [6.07, 6.45) is 6.39. The maximum atomic E-state index is 8.68. The molecule has 0 radical (unpaired) electrons. The molecule has 0 spiro atoms. The van der Waals surface area contributed by atoms with Gasteiger partial charge in [0.25, 0.3) is 0 Å². The zero-order valence-corrected chi connectivity index (χ0v) is 12.4. The van der Waals surface area contributed by atoms with E-state index >= 15 is 0 Å². The second kappa shape index (κ2) is 21.2. The van der Waals surface area contributed by atoms with Gasteiger partial charge in [-0.1, -0.05) is 39.5 Å². The van der Waals surface area contributed by atoms with Crippen LogP contribution in [-0.2, 0) is 0 Å². The third-order valence-electron chi connectivity index (χ3n) is 1.95. The molecule has 17 heavy (non-hydrogen) atoms. The molecule has 0 aliphatic heterocycles. The summed E-state index contributed by atoms with van der Waals surface area (Å²) in [6, 6.07) is 0. The van der Waals surface area contributed by atoms with Crippen molar-refractivity contribution in [3.05, 3.63) is 0 Å². The molecule has 0 bridgehead atoms. The normalized spacial score (nSPS) is 12.7. The minimum Gasteiger partial charge on any atom is -0.397 e. The molecule has 108 valence electrons. The topological polar surface area (TPSA) is 60.7 Å². The van der Waals surface area contributed by atoms with Gasteiger partial charge in [-0.2, -0.15) is 0 Å². The second-order valence-electron chi connectivity index (χ2n) is 4.30. The van der Waals surface area contributed by atoms with Gasteiger partial charge in [0, 0.05) is 6.61 Å². The summed E-state index contributed by atoms with van der Waals surface area (Å²) in [5, 5.41) is 24.9. The van der Waals surface area contributed by atoms with E-state index in [1.165, 1.54) is 12.8 Å². The van der Waals surface area contributed by atoms with E-state index in [0.29, 0.717) is 0 Å². The summed E-state index contributed by atoms with van der Waals surface area (Å²) in [4.78, 5) is 0. The maximum absolute atomic E-state index is 8.68. The highest BCUT2D eigenvalue weighted by molar-refractivity contribution is 4.44. The Balaban J connectivity index is -0.000000188. The Labute approximate surface area is 108 Å². The van der Waals surface area contributed by atoms with E-state index in [1.807, 2.05) is 13.8 Å². The smallest absolute Gasteiger partial charge is 0.0512 e. The van der Waals surface area contributed by atoms with Crippen molar-refractivity contribution < 1.29 is 15.3 Å². The quantitative estimate of drug-likeness (QED) is 0.679. The molecule has 3 nitrogen and oxygen atoms in total. The summed E-state index contributed by atoms with van der Waals surface area (Å²) >= 11 is 0. The Hall–Kier alpha value is -0.120. The van der Waals surface area contributed by atoms with Crippen molar-refractivity contribution in [1.29, 1.82) is 0 Å². The Kier molecular flexibility index (Phi) is 27.5. The van der Waals surface area contributed by atoms with Crippen molar-refractivity contribution in [1.82, 2.24) is 0 Å². The zero-order chi connectivity index (χ0) is 14.1. The van der Waals surface area contributed by atoms with Crippen molar-refractivity contribution in [2.75, 3.05) is 6.61 Å². The minimum absolute atomic E-state index is 0.0973. The van der Waals surface area contributed by atoms with Crippen LogP contribution in [0.15, 0.2) is 0 Å². The number of hydrogen-bond donors (Lipinski definition) is 3. The van der Waals surface area contributed by atoms with Gasteiger partial charge in [-0.15, -0.1) is 0 Å². The predicted molar refractivity (Wildman–Crippen MR) is 75.2 cm³/mol. The fourth-order valence-corrected chi connectivity index (χ4v) is 0.999. The molecule has 0 rings (SSSR count). The second-order valence-corrected chi connectivity index (χ2v) is 4.30. The lowest BCUT2D eigenvalue weighted by Crippen LogP contribution is -1.97. The maximum Gasteiger partial charge on any atom is 0.0512 e. The molecular weight excluding hydrogens is 216 g/mol. The van der Waals surface area contributed by atoms with Gasteiger partial charge >= 0.3 is 0 Å². The fourth-order valence-electron chi connectivity index (χ4n) is 0.999. The molecule has 0 saturated heterocycles. The van der Waals surface area contributed by atoms with E-state index < -0.39 is 0 Å². The van der Waals surface area contributed by atoms with Gasteiger partial charge in [0.05, 0.1) is 12.2 Å². The molecular formula is C14H34O3. The number of aliphatic hydroxyl groups is 3. The van der Waals surface area contributed by atoms with Crippen molar-refractivity contribution in [3.8, 4) is 0 Å². The number of hydrogen-bond acceptors (Lipinski definition) is 3. The predicted octanol–water partition coefficient (Wildman–Crippen LogP) is 3.11. The number of aliphatic hydroxyl groups excluding tert-OH is 3. The molecule has 0 heterocycles. The van der Waals surface area contributed by atoms with Crippen LogP contribution in [0, 0.1) is 0 Å². The third-order valence-corrected chi connectivity index (χ3v) is 1.95. The molecule has 3 N–H and O–H groups in total. The van der Waals surface area contributed by atoms with Crippen LogP contribution in [0.1, 0.15) is 73.1 Å². The molecule has 0 aromatic carbocycles. The standard InChI is InChI=1S/2C6H14O.C2H6O/c2*1-3-4-5-6(2)7;1-2-3/h2*6-7H,3-5H2,1-2H3;3H,2H2,1H3. The first kappa shape index (κ1) is 22.1. The van der Waals surface area contributed by atoms with Gasteiger partial charge in [0.15, 0.2) is 0 Å². The number of unbranched alkanes of at least 4 members (excludes halogenated alkanes) is 2. The van der Waals surface area contributed by atoms with Gasteiger partial charge in [-0.3, -0.25) is 0 Å². The highest BCUT2D eigenvalue weighted by Gasteiger charge is 1.90. The summed E-state index contributed by atoms with van der Waals surface area (Å²) in [5.74, 6) is 0. The lowest BCUT2D eigenvalue weighted by atomic mass is 10.2. The summed E-state index contributed by atoms with van der Waals surface area (Å²) < 4.78 is 0. The van der Waals surface area contributed by atoms with Crippen molar-refractivity contribution in [2.45, 2.75) is 85.4 Å². The highest BCUT2D eigenvalue weighted by atomic mass is 16.3. The van der Waals surface area contributed by atoms with E-state index in [1.54, 1.807) is 6.92 Å². The van der Waals surface area contributed by atoms with Crippen LogP contribution in [-0.4, -0.2) is 34.1 Å². The van der Waals surface area contributed by atoms with Crippen molar-refractivity contribution >= 4 is 0 Å². The molecule has 0 aliphatic carbocycles. The first-order valence-electron chi connectivity index (χ1n) is 6.93. The molecule has 0 amide bonds. The zero-order valence-electron chi connectivity index (χ0n) is 12.4. The van der Waals surface area contributed by atoms with Gasteiger partial charge in [-0.25, -0.2) is 0 Å². The Morgan fingerprint density at radius 2 is 1.00 bits per heavy atom. The average Bonchev–Trinajstić information content (AvgIpc) is 2.25. The van der Waals surface area contributed by atoms with Gasteiger partial charge in [0.1, 0.15) is 0 Å². The first-order valence-corrected chi connectivity index (χ1v) is 6.93. The van der Waals surface area contributed by atoms with Gasteiger partial charge in [0.2, 0.25) is 0 Å². The van der Waals surface area contributed by atoms with E-state index in [9.17, 15) is 0 Å². The summed E-state index contributed by atoms with van der Waals surface area (Å²) in [6.45, 7) is 9.84. The van der Waals surface area contributed by atoms with Gasteiger partial charge < -0.3 is 15.3 Å². The molecule has 2 unspecified atom stereocenters. The summed E-state index contributed by atoms with van der Waals surface area (Å²) in [7, 11) is 0. The lowest BCUT2D eigenvalue weighted by Gasteiger charge is -1.98. The van der Waals surface area contributed by atoms with Crippen molar-refractivity contribution in [3.63, 3.8) is 0 Å². The first-order chi connectivity index (χ1) is 7.95. The Bertz CT molecular complexity index is 91.6. The summed E-state index contributed by atoms with van der Waals surface area (Å²) in [5.41, 5.74) is 0. The van der Waals surface area contributed by atoms with Crippen LogP contribution in [0.2, 0.25) is 0 Å². The van der Waals surface area contributed by atoms with E-state index in [-0.39, 0.29) is 18.8 Å². The lowest BCUT2D eigenvalue weighted by molar-refractivity contribution is 0.181.